The highest BCUT2D eigenvalue weighted by Crippen LogP contribution is 2.35. The molecular weight excluding hydrogens is 635 g/mol. The van der Waals surface area contributed by atoms with Crippen LogP contribution in [0.4, 0.5) is 19.0 Å². The Morgan fingerprint density at radius 1 is 1.16 bits per heavy atom. The van der Waals surface area contributed by atoms with Crippen LogP contribution >= 0.6 is 22.9 Å². The Morgan fingerprint density at radius 3 is 2.40 bits per heavy atom. The van der Waals surface area contributed by atoms with Crippen molar-refractivity contribution >= 4 is 61.6 Å². The van der Waals surface area contributed by atoms with Crippen molar-refractivity contribution in [2.24, 2.45) is 5.73 Å². The number of carbonyl (C=O) groups is 2. The number of amides is 1. The molecule has 0 saturated heterocycles. The molecule has 0 unspecified atom stereocenters. The lowest BCUT2D eigenvalue weighted by Gasteiger charge is -2.11. The molecular formula is C26H25ClF3N5O6S2. The van der Waals surface area contributed by atoms with Gasteiger partial charge in [0.25, 0.3) is 10.0 Å². The summed E-state index contributed by atoms with van der Waals surface area (Å²) < 4.78 is 68.0. The Balaban J connectivity index is 0.000000541. The first-order valence-electron chi connectivity index (χ1n) is 12.4. The lowest BCUT2D eigenvalue weighted by Crippen LogP contribution is -2.42. The van der Waals surface area contributed by atoms with E-state index < -0.39 is 27.7 Å². The van der Waals surface area contributed by atoms with Gasteiger partial charge in [-0.15, -0.1) is 11.3 Å². The van der Waals surface area contributed by atoms with Crippen molar-refractivity contribution in [2.45, 2.75) is 41.9 Å². The molecule has 2 heterocycles. The van der Waals surface area contributed by atoms with Crippen LogP contribution in [-0.4, -0.2) is 54.0 Å². The van der Waals surface area contributed by atoms with E-state index in [1.165, 1.54) is 19.2 Å². The molecule has 1 amide bonds. The van der Waals surface area contributed by atoms with E-state index in [0.717, 1.165) is 22.5 Å². The highest BCUT2D eigenvalue weighted by molar-refractivity contribution is 7.94. The van der Waals surface area contributed by atoms with Gasteiger partial charge in [0.1, 0.15) is 9.96 Å². The number of methoxy groups -OCH3 is 1. The van der Waals surface area contributed by atoms with E-state index in [0.29, 0.717) is 46.9 Å². The molecule has 5 rings (SSSR count). The molecule has 1 aliphatic rings. The minimum Gasteiger partial charge on any atom is -0.496 e. The summed E-state index contributed by atoms with van der Waals surface area (Å²) in [7, 11) is -2.37. The summed E-state index contributed by atoms with van der Waals surface area (Å²) in [6.45, 7) is 0.743. The zero-order chi connectivity index (χ0) is 31.6. The van der Waals surface area contributed by atoms with Gasteiger partial charge in [0.2, 0.25) is 5.91 Å². The number of aliphatic carboxylic acids is 1. The number of thiophene rings is 1. The third-order valence-electron chi connectivity index (χ3n) is 6.26. The number of hydrogen-bond donors (Lipinski definition) is 4. The zero-order valence-corrected chi connectivity index (χ0v) is 24.7. The number of nitrogens with zero attached hydrogens (tertiary/aromatic N) is 2. The van der Waals surface area contributed by atoms with Crippen LogP contribution < -0.4 is 20.5 Å². The maximum Gasteiger partial charge on any atom is 0.490 e. The molecule has 0 bridgehead atoms. The number of ether oxygens (including phenoxy) is 1. The van der Waals surface area contributed by atoms with Gasteiger partial charge in [-0.2, -0.15) is 18.3 Å². The number of rotatable bonds is 9. The van der Waals surface area contributed by atoms with Crippen molar-refractivity contribution in [1.82, 2.24) is 15.1 Å². The second kappa shape index (κ2) is 12.4. The van der Waals surface area contributed by atoms with Gasteiger partial charge in [0.05, 0.1) is 34.4 Å². The summed E-state index contributed by atoms with van der Waals surface area (Å²) in [6, 6.07) is 16.2. The predicted octanol–water partition coefficient (Wildman–Crippen LogP) is 4.35. The summed E-state index contributed by atoms with van der Waals surface area (Å²) in [5.74, 6) is -2.24. The van der Waals surface area contributed by atoms with Gasteiger partial charge >= 0.3 is 12.1 Å². The van der Waals surface area contributed by atoms with Crippen molar-refractivity contribution in [3.63, 3.8) is 0 Å². The fraction of sp³-hybridized carbons (Fsp3) is 0.269. The molecule has 17 heteroatoms. The molecule has 0 aliphatic heterocycles. The van der Waals surface area contributed by atoms with Crippen molar-refractivity contribution in [2.75, 3.05) is 11.8 Å². The highest BCUT2D eigenvalue weighted by Gasteiger charge is 2.45. The van der Waals surface area contributed by atoms with E-state index in [4.69, 9.17) is 32.0 Å². The molecule has 0 radical (unpaired) electrons. The molecule has 2 aromatic heterocycles. The third kappa shape index (κ3) is 7.76. The summed E-state index contributed by atoms with van der Waals surface area (Å²) >= 11 is 6.91. The Hall–Kier alpha value is -3.86. The number of carboxylic acid groups (broad SMARTS) is 1. The van der Waals surface area contributed by atoms with Crippen molar-refractivity contribution in [3.05, 3.63) is 70.1 Å². The van der Waals surface area contributed by atoms with E-state index in [2.05, 4.69) is 15.1 Å². The Morgan fingerprint density at radius 2 is 1.81 bits per heavy atom. The molecule has 0 spiro atoms. The van der Waals surface area contributed by atoms with Crippen molar-refractivity contribution < 1.29 is 41.0 Å². The van der Waals surface area contributed by atoms with E-state index in [9.17, 15) is 26.4 Å². The summed E-state index contributed by atoms with van der Waals surface area (Å²) in [4.78, 5) is 21.1. The van der Waals surface area contributed by atoms with Gasteiger partial charge in [-0.3, -0.25) is 14.2 Å². The number of carbonyl (C=O) groups excluding carboxylic acids is 1. The topological polar surface area (TPSA) is 166 Å². The van der Waals surface area contributed by atoms with E-state index in [1.54, 1.807) is 10.7 Å². The summed E-state index contributed by atoms with van der Waals surface area (Å²) in [5.41, 5.74) is 7.80. The largest absolute Gasteiger partial charge is 0.496 e. The molecule has 230 valence electrons. The molecule has 2 aromatic carbocycles. The molecule has 4 aromatic rings. The molecule has 1 fully saturated rings. The number of sulfonamides is 1. The Bertz CT molecular complexity index is 1770. The lowest BCUT2D eigenvalue weighted by atomic mass is 10.1. The molecule has 0 atom stereocenters. The van der Waals surface area contributed by atoms with Crippen LogP contribution in [0.25, 0.3) is 10.9 Å². The quantitative estimate of drug-likeness (QED) is 0.206. The fourth-order valence-corrected chi connectivity index (χ4v) is 6.40. The van der Waals surface area contributed by atoms with Gasteiger partial charge in [-0.25, -0.2) is 13.2 Å². The summed E-state index contributed by atoms with van der Waals surface area (Å²) in [6.07, 6.45) is -3.67. The predicted molar refractivity (Wildman–Crippen MR) is 154 cm³/mol. The second-order valence-corrected chi connectivity index (χ2v) is 13.1. The van der Waals surface area contributed by atoms with Gasteiger partial charge in [-0.05, 0) is 48.2 Å². The summed E-state index contributed by atoms with van der Waals surface area (Å²) in [5, 5.41) is 15.2. The van der Waals surface area contributed by atoms with Gasteiger partial charge in [0, 0.05) is 6.54 Å². The van der Waals surface area contributed by atoms with Crippen LogP contribution in [0.1, 0.15) is 24.0 Å². The first-order chi connectivity index (χ1) is 20.1. The number of hydrogen-bond acceptors (Lipinski definition) is 8. The number of halogens is 4. The Kier molecular flexibility index (Phi) is 9.24. The maximum atomic E-state index is 13.0. The molecule has 11 nitrogen and oxygen atoms in total. The maximum absolute atomic E-state index is 13.0. The number of fused-ring (bicyclic) bond motifs is 1. The van der Waals surface area contributed by atoms with Gasteiger partial charge in [0.15, 0.2) is 5.82 Å². The van der Waals surface area contributed by atoms with Crippen LogP contribution in [0.15, 0.2) is 58.8 Å². The van der Waals surface area contributed by atoms with E-state index in [1.807, 2.05) is 36.4 Å². The number of carboxylic acids is 1. The number of aromatic nitrogens is 2. The third-order valence-corrected chi connectivity index (χ3v) is 9.33. The van der Waals surface area contributed by atoms with Crippen molar-refractivity contribution in [1.29, 1.82) is 0 Å². The number of benzene rings is 2. The second-order valence-electron chi connectivity index (χ2n) is 9.49. The first-order valence-corrected chi connectivity index (χ1v) is 15.1. The minimum atomic E-state index is -5.08. The minimum absolute atomic E-state index is 0.0882. The number of nitrogens with two attached hydrogens (primary N) is 1. The van der Waals surface area contributed by atoms with Crippen molar-refractivity contribution in [3.8, 4) is 5.75 Å². The lowest BCUT2D eigenvalue weighted by molar-refractivity contribution is -0.192. The average Bonchev–Trinajstić information content (AvgIpc) is 3.39. The molecule has 1 aliphatic carbocycles. The SMILES string of the molecule is COc1cccc2c1c(NS(=O)(=O)c1ccc(Cl)s1)nn2Cc1cccc(CNC(=O)C2(N)CC2)c1.O=C(O)C(F)(F)F. The number of nitrogens with one attached hydrogen (secondary N) is 2. The molecule has 43 heavy (non-hydrogen) atoms. The van der Waals surface area contributed by atoms with E-state index in [-0.39, 0.29) is 15.9 Å². The Labute approximate surface area is 252 Å². The van der Waals surface area contributed by atoms with Crippen LogP contribution in [-0.2, 0) is 32.7 Å². The molecule has 5 N–H and O–H groups in total. The standard InChI is InChI=1S/C24H24ClN5O4S2.C2HF3O2/c1-34-18-7-3-6-17-21(18)22(29-36(32,33)20-9-8-19(25)35-20)28-30(17)14-16-5-2-4-15(12-16)13-27-23(31)24(26)10-11-24;3-2(4,5)1(6)7/h2-9,12H,10-11,13-14,26H2,1H3,(H,27,31)(H,28,29);(H,6,7). The van der Waals surface area contributed by atoms with Crippen LogP contribution in [0.2, 0.25) is 4.34 Å². The highest BCUT2D eigenvalue weighted by atomic mass is 35.5. The van der Waals surface area contributed by atoms with Crippen LogP contribution in [0, 0.1) is 0 Å². The molecule has 1 saturated carbocycles. The van der Waals surface area contributed by atoms with Gasteiger partial charge in [-0.1, -0.05) is 41.9 Å². The number of alkyl halides is 3. The van der Waals surface area contributed by atoms with Crippen LogP contribution in [0.3, 0.4) is 0 Å². The first kappa shape index (κ1) is 32.1. The van der Waals surface area contributed by atoms with Gasteiger partial charge < -0.3 is 20.9 Å². The van der Waals surface area contributed by atoms with Crippen LogP contribution in [0.5, 0.6) is 5.75 Å². The van der Waals surface area contributed by atoms with E-state index >= 15 is 0 Å². The smallest absolute Gasteiger partial charge is 0.490 e. The monoisotopic (exact) mass is 659 g/mol. The zero-order valence-electron chi connectivity index (χ0n) is 22.3. The number of anilines is 1. The average molecular weight is 660 g/mol. The fourth-order valence-electron chi connectivity index (χ4n) is 3.91. The normalized spacial score (nSPS) is 14.0.